The molecule has 1 spiro atoms. The van der Waals surface area contributed by atoms with Gasteiger partial charge < -0.3 is 4.90 Å². The maximum absolute atomic E-state index is 2.72. The van der Waals surface area contributed by atoms with Crippen molar-refractivity contribution in [2.75, 3.05) is 4.90 Å². The molecule has 2 aromatic rings. The summed E-state index contributed by atoms with van der Waals surface area (Å²) in [4.78, 5) is 2.72. The summed E-state index contributed by atoms with van der Waals surface area (Å²) in [5, 5.41) is 0. The first-order chi connectivity index (χ1) is 13.0. The highest BCUT2D eigenvalue weighted by molar-refractivity contribution is 5.78. The highest BCUT2D eigenvalue weighted by Crippen LogP contribution is 2.71. The van der Waals surface area contributed by atoms with Gasteiger partial charge in [0.1, 0.15) is 0 Å². The highest BCUT2D eigenvalue weighted by Gasteiger charge is 2.68. The van der Waals surface area contributed by atoms with Crippen LogP contribution in [-0.2, 0) is 5.41 Å². The van der Waals surface area contributed by atoms with Crippen molar-refractivity contribution in [3.8, 4) is 0 Å². The van der Waals surface area contributed by atoms with Crippen molar-refractivity contribution >= 4 is 11.4 Å². The van der Waals surface area contributed by atoms with Crippen LogP contribution < -0.4 is 4.90 Å². The molecule has 4 bridgehead atoms. The standard InChI is InChI=1S/C26H31N/c1-17-8-4-6-10-23(17)27-24-11-7-5-9-22(24)26(25(27,2)3)20-13-18-12-19(15-20)16-21(26)14-18/h4-11,18-21H,12-16H2,1-3H3. The molecule has 7 rings (SSSR count). The molecule has 1 aliphatic heterocycles. The first-order valence-electron chi connectivity index (χ1n) is 11.0. The molecule has 0 radical (unpaired) electrons. The van der Waals surface area contributed by atoms with E-state index in [-0.39, 0.29) is 5.54 Å². The Morgan fingerprint density at radius 2 is 1.30 bits per heavy atom. The first kappa shape index (κ1) is 16.2. The number of para-hydroxylation sites is 2. The molecular weight excluding hydrogens is 326 g/mol. The molecule has 0 atom stereocenters. The zero-order chi connectivity index (χ0) is 18.4. The van der Waals surface area contributed by atoms with Crippen LogP contribution in [0.1, 0.15) is 57.1 Å². The predicted molar refractivity (Wildman–Crippen MR) is 113 cm³/mol. The minimum absolute atomic E-state index is 0.116. The van der Waals surface area contributed by atoms with Crippen molar-refractivity contribution in [2.24, 2.45) is 23.7 Å². The molecule has 0 saturated heterocycles. The summed E-state index contributed by atoms with van der Waals surface area (Å²) in [7, 11) is 0. The molecule has 4 saturated carbocycles. The van der Waals surface area contributed by atoms with Crippen molar-refractivity contribution in [1.29, 1.82) is 0 Å². The lowest BCUT2D eigenvalue weighted by molar-refractivity contribution is -0.0839. The maximum Gasteiger partial charge on any atom is 0.0497 e. The fraction of sp³-hybridized carbons (Fsp3) is 0.538. The van der Waals surface area contributed by atoms with E-state index >= 15 is 0 Å². The van der Waals surface area contributed by atoms with Gasteiger partial charge in [-0.2, -0.15) is 0 Å². The Bertz CT molecular complexity index is 880. The van der Waals surface area contributed by atoms with Gasteiger partial charge in [-0.25, -0.2) is 0 Å². The third kappa shape index (κ3) is 1.82. The van der Waals surface area contributed by atoms with Crippen molar-refractivity contribution in [3.63, 3.8) is 0 Å². The van der Waals surface area contributed by atoms with Gasteiger partial charge in [-0.15, -0.1) is 0 Å². The van der Waals surface area contributed by atoms with Gasteiger partial charge in [0, 0.05) is 22.3 Å². The van der Waals surface area contributed by atoms with Crippen molar-refractivity contribution < 1.29 is 0 Å². The average Bonchev–Trinajstić information content (AvgIpc) is 2.84. The second kappa shape index (κ2) is 5.19. The average molecular weight is 358 g/mol. The number of anilines is 2. The fourth-order valence-electron chi connectivity index (χ4n) is 8.45. The molecule has 0 amide bonds. The highest BCUT2D eigenvalue weighted by atomic mass is 15.3. The predicted octanol–water partition coefficient (Wildman–Crippen LogP) is 6.62. The normalized spacial score (nSPS) is 37.8. The van der Waals surface area contributed by atoms with Crippen LogP contribution in [0.4, 0.5) is 11.4 Å². The fourth-order valence-corrected chi connectivity index (χ4v) is 8.45. The molecule has 140 valence electrons. The van der Waals surface area contributed by atoms with E-state index < -0.39 is 0 Å². The van der Waals surface area contributed by atoms with Gasteiger partial charge >= 0.3 is 0 Å². The van der Waals surface area contributed by atoms with E-state index in [9.17, 15) is 0 Å². The summed E-state index contributed by atoms with van der Waals surface area (Å²) in [5.74, 6) is 3.74. The van der Waals surface area contributed by atoms with Crippen LogP contribution in [0.15, 0.2) is 48.5 Å². The molecule has 0 unspecified atom stereocenters. The Morgan fingerprint density at radius 1 is 0.741 bits per heavy atom. The minimum Gasteiger partial charge on any atom is -0.334 e. The molecule has 5 aliphatic rings. The molecule has 0 N–H and O–H groups in total. The lowest BCUT2D eigenvalue weighted by Gasteiger charge is -2.65. The summed E-state index contributed by atoms with van der Waals surface area (Å²) in [6.07, 6.45) is 7.38. The van der Waals surface area contributed by atoms with Crippen molar-refractivity contribution in [1.82, 2.24) is 0 Å². The first-order valence-corrected chi connectivity index (χ1v) is 11.0. The molecule has 2 aromatic carbocycles. The molecule has 1 heterocycles. The number of rotatable bonds is 1. The van der Waals surface area contributed by atoms with Crippen LogP contribution in [0.2, 0.25) is 0 Å². The van der Waals surface area contributed by atoms with Gasteiger partial charge in [0.25, 0.3) is 0 Å². The summed E-state index contributed by atoms with van der Waals surface area (Å²) in [5.41, 5.74) is 6.36. The SMILES string of the molecule is Cc1ccccc1N1c2ccccc2C2(C3CC4CC(C3)CC2C4)C1(C)C. The van der Waals surface area contributed by atoms with Gasteiger partial charge in [0.2, 0.25) is 0 Å². The summed E-state index contributed by atoms with van der Waals surface area (Å²) < 4.78 is 0. The number of nitrogens with zero attached hydrogens (tertiary/aromatic N) is 1. The second-order valence-corrected chi connectivity index (χ2v) is 10.4. The Kier molecular flexibility index (Phi) is 3.12. The van der Waals surface area contributed by atoms with Gasteiger partial charge in [-0.05, 0) is 99.8 Å². The Labute approximate surface area is 163 Å². The minimum atomic E-state index is 0.116. The second-order valence-electron chi connectivity index (χ2n) is 10.4. The maximum atomic E-state index is 2.72. The Morgan fingerprint density at radius 3 is 1.93 bits per heavy atom. The molecule has 0 aromatic heterocycles. The molecular formula is C26H31N. The lowest BCUT2D eigenvalue weighted by atomic mass is 9.40. The summed E-state index contributed by atoms with van der Waals surface area (Å²) in [6.45, 7) is 7.39. The number of hydrogen-bond donors (Lipinski definition) is 0. The van der Waals surface area contributed by atoms with Gasteiger partial charge in [0.05, 0.1) is 0 Å². The van der Waals surface area contributed by atoms with E-state index in [2.05, 4.69) is 74.2 Å². The number of benzene rings is 2. The quantitative estimate of drug-likeness (QED) is 0.554. The van der Waals surface area contributed by atoms with Crippen LogP contribution in [0.3, 0.4) is 0 Å². The largest absolute Gasteiger partial charge is 0.334 e. The molecule has 1 heteroatoms. The summed E-state index contributed by atoms with van der Waals surface area (Å²) >= 11 is 0. The van der Waals surface area contributed by atoms with Crippen LogP contribution in [0.5, 0.6) is 0 Å². The third-order valence-electron chi connectivity index (χ3n) is 8.94. The number of aryl methyl sites for hydroxylation is 1. The van der Waals surface area contributed by atoms with E-state index in [4.69, 9.17) is 0 Å². The van der Waals surface area contributed by atoms with Crippen molar-refractivity contribution in [2.45, 2.75) is 63.8 Å². The molecule has 1 nitrogen and oxygen atoms in total. The van der Waals surface area contributed by atoms with Gasteiger partial charge in [-0.1, -0.05) is 36.4 Å². The van der Waals surface area contributed by atoms with E-state index in [1.54, 1.807) is 5.56 Å². The van der Waals surface area contributed by atoms with Crippen LogP contribution in [-0.4, -0.2) is 5.54 Å². The van der Waals surface area contributed by atoms with E-state index in [0.29, 0.717) is 5.41 Å². The zero-order valence-corrected chi connectivity index (χ0v) is 16.9. The Balaban J connectivity index is 1.62. The topological polar surface area (TPSA) is 3.24 Å². The van der Waals surface area contributed by atoms with E-state index in [1.165, 1.54) is 49.0 Å². The van der Waals surface area contributed by atoms with E-state index in [1.807, 2.05) is 0 Å². The lowest BCUT2D eigenvalue weighted by Crippen LogP contribution is -2.65. The zero-order valence-electron chi connectivity index (χ0n) is 16.9. The number of fused-ring (bicyclic) bond motifs is 1. The van der Waals surface area contributed by atoms with Gasteiger partial charge in [0.15, 0.2) is 0 Å². The Hall–Kier alpha value is -1.76. The molecule has 27 heavy (non-hydrogen) atoms. The monoisotopic (exact) mass is 357 g/mol. The van der Waals surface area contributed by atoms with Crippen molar-refractivity contribution in [3.05, 3.63) is 59.7 Å². The molecule has 4 aliphatic carbocycles. The van der Waals surface area contributed by atoms with Crippen LogP contribution in [0.25, 0.3) is 0 Å². The number of hydrogen-bond acceptors (Lipinski definition) is 1. The third-order valence-corrected chi connectivity index (χ3v) is 8.94. The smallest absolute Gasteiger partial charge is 0.0497 e. The molecule has 4 fully saturated rings. The van der Waals surface area contributed by atoms with Crippen LogP contribution in [0, 0.1) is 30.6 Å². The summed E-state index contributed by atoms with van der Waals surface area (Å²) in [6, 6.07) is 18.4. The van der Waals surface area contributed by atoms with Crippen LogP contribution >= 0.6 is 0 Å². The van der Waals surface area contributed by atoms with Gasteiger partial charge in [-0.3, -0.25) is 0 Å². The van der Waals surface area contributed by atoms with E-state index in [0.717, 1.165) is 23.7 Å².